The molecule has 2 nitrogen and oxygen atoms in total. The molecule has 0 fully saturated rings. The summed E-state index contributed by atoms with van der Waals surface area (Å²) in [6.07, 6.45) is 5.85. The molecule has 1 heterocycles. The smallest absolute Gasteiger partial charge is 0.0578 e. The van der Waals surface area contributed by atoms with Crippen LogP contribution >= 0.6 is 11.8 Å². The largest absolute Gasteiger partial charge is 0.305 e. The molecule has 2 atom stereocenters. The molecule has 0 saturated heterocycles. The molecule has 0 radical (unpaired) electrons. The van der Waals surface area contributed by atoms with Crippen molar-refractivity contribution in [1.82, 2.24) is 10.3 Å². The summed E-state index contributed by atoms with van der Waals surface area (Å²) < 4.78 is 0. The van der Waals surface area contributed by atoms with E-state index in [2.05, 4.69) is 65.9 Å². The van der Waals surface area contributed by atoms with Crippen LogP contribution in [0.25, 0.3) is 0 Å². The fraction of sp³-hybridized carbons (Fsp3) is 0.312. The van der Waals surface area contributed by atoms with Crippen LogP contribution in [0.1, 0.15) is 24.1 Å². The van der Waals surface area contributed by atoms with Crippen molar-refractivity contribution in [3.63, 3.8) is 0 Å². The molecule has 0 bridgehead atoms. The molecular formula is C16H20N2S. The van der Waals surface area contributed by atoms with Crippen molar-refractivity contribution in [3.05, 3.63) is 66.0 Å². The van der Waals surface area contributed by atoms with Crippen LogP contribution in [0.15, 0.2) is 54.9 Å². The lowest BCUT2D eigenvalue weighted by Crippen LogP contribution is -2.28. The van der Waals surface area contributed by atoms with Crippen LogP contribution in [0.3, 0.4) is 0 Å². The third-order valence-electron chi connectivity index (χ3n) is 3.18. The van der Waals surface area contributed by atoms with E-state index in [1.54, 1.807) is 0 Å². The predicted octanol–water partition coefficient (Wildman–Crippen LogP) is 3.51. The Labute approximate surface area is 119 Å². The average molecular weight is 272 g/mol. The van der Waals surface area contributed by atoms with E-state index in [9.17, 15) is 0 Å². The van der Waals surface area contributed by atoms with Gasteiger partial charge in [0.2, 0.25) is 0 Å². The van der Waals surface area contributed by atoms with Crippen LogP contribution < -0.4 is 5.32 Å². The van der Waals surface area contributed by atoms with E-state index in [0.29, 0.717) is 5.25 Å². The Morgan fingerprint density at radius 3 is 2.32 bits per heavy atom. The predicted molar refractivity (Wildman–Crippen MR) is 83.5 cm³/mol. The highest BCUT2D eigenvalue weighted by Gasteiger charge is 2.13. The molecule has 0 aliphatic rings. The van der Waals surface area contributed by atoms with Crippen molar-refractivity contribution in [2.75, 3.05) is 12.8 Å². The lowest BCUT2D eigenvalue weighted by Gasteiger charge is -2.21. The van der Waals surface area contributed by atoms with Crippen LogP contribution in [-0.2, 0) is 0 Å². The first-order chi connectivity index (χ1) is 9.31. The standard InChI is InChI=1S/C16H20N2S/c1-13(19-2)12-18-16(14-6-4-3-5-7-14)15-8-10-17-11-9-15/h3-11,13,16,18H,12H2,1-2H3. The molecule has 2 rings (SSSR count). The van der Waals surface area contributed by atoms with Gasteiger partial charge in [0.25, 0.3) is 0 Å². The van der Waals surface area contributed by atoms with E-state index in [1.165, 1.54) is 11.1 Å². The van der Waals surface area contributed by atoms with Gasteiger partial charge in [-0.2, -0.15) is 11.8 Å². The summed E-state index contributed by atoms with van der Waals surface area (Å²) in [6, 6.07) is 15.0. The quantitative estimate of drug-likeness (QED) is 0.871. The summed E-state index contributed by atoms with van der Waals surface area (Å²) in [7, 11) is 0. The second-order valence-corrected chi connectivity index (χ2v) is 5.85. The Hall–Kier alpha value is -1.32. The fourth-order valence-corrected chi connectivity index (χ4v) is 2.26. The van der Waals surface area contributed by atoms with Crippen LogP contribution in [0, 0.1) is 0 Å². The van der Waals surface area contributed by atoms with Gasteiger partial charge in [0.15, 0.2) is 0 Å². The molecule has 0 aliphatic carbocycles. The summed E-state index contributed by atoms with van der Waals surface area (Å²) in [5.74, 6) is 0. The van der Waals surface area contributed by atoms with Gasteiger partial charge in [-0.15, -0.1) is 0 Å². The lowest BCUT2D eigenvalue weighted by atomic mass is 9.99. The van der Waals surface area contributed by atoms with E-state index < -0.39 is 0 Å². The maximum absolute atomic E-state index is 4.10. The van der Waals surface area contributed by atoms with E-state index in [4.69, 9.17) is 0 Å². The normalized spacial score (nSPS) is 14.0. The molecule has 0 aliphatic heterocycles. The third-order valence-corrected chi connectivity index (χ3v) is 4.16. The molecule has 0 spiro atoms. The highest BCUT2D eigenvalue weighted by Crippen LogP contribution is 2.21. The van der Waals surface area contributed by atoms with Gasteiger partial charge in [-0.1, -0.05) is 37.3 Å². The van der Waals surface area contributed by atoms with E-state index in [-0.39, 0.29) is 6.04 Å². The number of aromatic nitrogens is 1. The van der Waals surface area contributed by atoms with Gasteiger partial charge in [0.1, 0.15) is 0 Å². The van der Waals surface area contributed by atoms with Crippen LogP contribution in [0.4, 0.5) is 0 Å². The van der Waals surface area contributed by atoms with Gasteiger partial charge in [0.05, 0.1) is 6.04 Å². The summed E-state index contributed by atoms with van der Waals surface area (Å²) >= 11 is 1.88. The molecule has 1 aromatic heterocycles. The van der Waals surface area contributed by atoms with E-state index in [1.807, 2.05) is 24.2 Å². The molecule has 3 heteroatoms. The van der Waals surface area contributed by atoms with E-state index >= 15 is 0 Å². The number of benzene rings is 1. The van der Waals surface area contributed by atoms with Gasteiger partial charge >= 0.3 is 0 Å². The minimum absolute atomic E-state index is 0.235. The molecule has 1 N–H and O–H groups in total. The van der Waals surface area contributed by atoms with Crippen molar-refractivity contribution in [2.45, 2.75) is 18.2 Å². The Morgan fingerprint density at radius 1 is 1.05 bits per heavy atom. The second-order valence-electron chi connectivity index (χ2n) is 4.58. The van der Waals surface area contributed by atoms with Crippen molar-refractivity contribution in [3.8, 4) is 0 Å². The first-order valence-electron chi connectivity index (χ1n) is 6.52. The second kappa shape index (κ2) is 7.31. The van der Waals surface area contributed by atoms with E-state index in [0.717, 1.165) is 6.54 Å². The zero-order valence-electron chi connectivity index (χ0n) is 11.4. The average Bonchev–Trinajstić information content (AvgIpc) is 2.49. The monoisotopic (exact) mass is 272 g/mol. The maximum atomic E-state index is 4.10. The SMILES string of the molecule is CSC(C)CNC(c1ccccc1)c1ccncc1. The van der Waals surface area contributed by atoms with Crippen LogP contribution in [0.2, 0.25) is 0 Å². The molecule has 19 heavy (non-hydrogen) atoms. The number of hydrogen-bond donors (Lipinski definition) is 1. The molecule has 0 saturated carbocycles. The summed E-state index contributed by atoms with van der Waals surface area (Å²) in [6.45, 7) is 3.23. The molecule has 2 aromatic rings. The Kier molecular flexibility index (Phi) is 5.43. The Morgan fingerprint density at radius 2 is 1.68 bits per heavy atom. The minimum Gasteiger partial charge on any atom is -0.305 e. The van der Waals surface area contributed by atoms with Gasteiger partial charge in [-0.25, -0.2) is 0 Å². The Bertz CT molecular complexity index is 433. The van der Waals surface area contributed by atoms with Crippen LogP contribution in [-0.4, -0.2) is 23.0 Å². The molecular weight excluding hydrogens is 252 g/mol. The first-order valence-corrected chi connectivity index (χ1v) is 7.81. The van der Waals surface area contributed by atoms with Crippen molar-refractivity contribution >= 4 is 11.8 Å². The number of hydrogen-bond acceptors (Lipinski definition) is 3. The van der Waals surface area contributed by atoms with Gasteiger partial charge < -0.3 is 5.32 Å². The topological polar surface area (TPSA) is 24.9 Å². The summed E-state index contributed by atoms with van der Waals surface area (Å²) in [5, 5.41) is 4.26. The van der Waals surface area contributed by atoms with Crippen molar-refractivity contribution in [2.24, 2.45) is 0 Å². The molecule has 100 valence electrons. The lowest BCUT2D eigenvalue weighted by molar-refractivity contribution is 0.604. The molecule has 1 aromatic carbocycles. The van der Waals surface area contributed by atoms with Gasteiger partial charge in [-0.05, 0) is 29.5 Å². The number of rotatable bonds is 6. The summed E-state index contributed by atoms with van der Waals surface area (Å²) in [5.41, 5.74) is 2.55. The summed E-state index contributed by atoms with van der Waals surface area (Å²) in [4.78, 5) is 4.10. The first kappa shape index (κ1) is 14.1. The fourth-order valence-electron chi connectivity index (χ4n) is 2.00. The van der Waals surface area contributed by atoms with Gasteiger partial charge in [0, 0.05) is 24.2 Å². The van der Waals surface area contributed by atoms with Gasteiger partial charge in [-0.3, -0.25) is 4.98 Å². The zero-order chi connectivity index (χ0) is 13.5. The maximum Gasteiger partial charge on any atom is 0.0578 e. The Balaban J connectivity index is 2.19. The van der Waals surface area contributed by atoms with Crippen molar-refractivity contribution in [1.29, 1.82) is 0 Å². The zero-order valence-corrected chi connectivity index (χ0v) is 12.2. The minimum atomic E-state index is 0.235. The third kappa shape index (κ3) is 4.08. The molecule has 0 amide bonds. The highest BCUT2D eigenvalue weighted by molar-refractivity contribution is 7.99. The number of pyridine rings is 1. The van der Waals surface area contributed by atoms with Crippen LogP contribution in [0.5, 0.6) is 0 Å². The number of nitrogens with one attached hydrogen (secondary N) is 1. The molecule has 2 unspecified atom stereocenters. The van der Waals surface area contributed by atoms with Crippen molar-refractivity contribution < 1.29 is 0 Å². The number of thioether (sulfide) groups is 1. The highest BCUT2D eigenvalue weighted by atomic mass is 32.2. The number of nitrogens with zero attached hydrogens (tertiary/aromatic N) is 1.